The van der Waals surface area contributed by atoms with Crippen LogP contribution in [-0.2, 0) is 0 Å². The largest absolute Gasteiger partial charge is 0.385 e. The predicted molar refractivity (Wildman–Crippen MR) is 59.7 cm³/mol. The Hall–Kier alpha value is -1.75. The summed E-state index contributed by atoms with van der Waals surface area (Å²) in [7, 11) is 0. The van der Waals surface area contributed by atoms with Crippen molar-refractivity contribution in [3.05, 3.63) is 35.4 Å². The van der Waals surface area contributed by atoms with Gasteiger partial charge >= 0.3 is 0 Å². The van der Waals surface area contributed by atoms with Gasteiger partial charge in [-0.25, -0.2) is 4.39 Å². The number of halogens is 1. The van der Waals surface area contributed by atoms with E-state index in [0.29, 0.717) is 12.0 Å². The van der Waals surface area contributed by atoms with Gasteiger partial charge in [0.15, 0.2) is 0 Å². The average Bonchev–Trinajstić information content (AvgIpc) is 2.80. The molecule has 1 atom stereocenters. The normalized spacial score (nSPS) is 12.7. The van der Waals surface area contributed by atoms with Gasteiger partial charge in [0.1, 0.15) is 11.9 Å². The molecule has 1 aromatic carbocycles. The molecule has 0 saturated carbocycles. The average molecular weight is 236 g/mol. The van der Waals surface area contributed by atoms with Gasteiger partial charge in [0, 0.05) is 5.56 Å². The number of aryl methyl sites for hydroxylation is 1. The predicted octanol–water partition coefficient (Wildman–Crippen LogP) is 2.63. The van der Waals surface area contributed by atoms with Crippen molar-refractivity contribution in [1.82, 2.24) is 10.1 Å². The van der Waals surface area contributed by atoms with Crippen LogP contribution >= 0.6 is 0 Å². The Bertz CT molecular complexity index is 525. The Morgan fingerprint density at radius 2 is 2.24 bits per heavy atom. The lowest BCUT2D eigenvalue weighted by Crippen LogP contribution is -1.97. The number of aromatic nitrogens is 2. The SMILES string of the molecule is CCC(O)c1noc(-c2cc(F)ccc2C)n1. The quantitative estimate of drug-likeness (QED) is 0.889. The number of benzene rings is 1. The highest BCUT2D eigenvalue weighted by Crippen LogP contribution is 2.24. The van der Waals surface area contributed by atoms with Crippen molar-refractivity contribution in [3.8, 4) is 11.5 Å². The molecule has 1 aromatic heterocycles. The molecule has 1 unspecified atom stereocenters. The van der Waals surface area contributed by atoms with Crippen LogP contribution in [0.15, 0.2) is 22.7 Å². The lowest BCUT2D eigenvalue weighted by Gasteiger charge is -2.00. The van der Waals surface area contributed by atoms with E-state index in [1.165, 1.54) is 12.1 Å². The van der Waals surface area contributed by atoms with Crippen LogP contribution < -0.4 is 0 Å². The lowest BCUT2D eigenvalue weighted by molar-refractivity contribution is 0.159. The Balaban J connectivity index is 2.40. The van der Waals surface area contributed by atoms with Crippen LogP contribution in [0.4, 0.5) is 4.39 Å². The Kier molecular flexibility index (Phi) is 3.19. The van der Waals surface area contributed by atoms with Crippen molar-refractivity contribution in [1.29, 1.82) is 0 Å². The molecule has 90 valence electrons. The van der Waals surface area contributed by atoms with Crippen molar-refractivity contribution in [2.45, 2.75) is 26.4 Å². The number of hydrogen-bond acceptors (Lipinski definition) is 4. The van der Waals surface area contributed by atoms with Crippen LogP contribution in [0.2, 0.25) is 0 Å². The summed E-state index contributed by atoms with van der Waals surface area (Å²) in [5.41, 5.74) is 1.39. The highest BCUT2D eigenvalue weighted by molar-refractivity contribution is 5.58. The molecule has 2 rings (SSSR count). The van der Waals surface area contributed by atoms with Crippen LogP contribution in [0.3, 0.4) is 0 Å². The summed E-state index contributed by atoms with van der Waals surface area (Å²) in [6.07, 6.45) is -0.248. The molecule has 0 fully saturated rings. The van der Waals surface area contributed by atoms with Crippen molar-refractivity contribution >= 4 is 0 Å². The molecule has 0 amide bonds. The van der Waals surface area contributed by atoms with Gasteiger partial charge in [0.2, 0.25) is 5.82 Å². The molecule has 0 aliphatic heterocycles. The first-order chi connectivity index (χ1) is 8.11. The monoisotopic (exact) mass is 236 g/mol. The molecule has 0 spiro atoms. The fourth-order valence-electron chi connectivity index (χ4n) is 1.49. The number of hydrogen-bond donors (Lipinski definition) is 1. The molecule has 0 aliphatic carbocycles. The van der Waals surface area contributed by atoms with E-state index in [1.54, 1.807) is 6.07 Å². The maximum absolute atomic E-state index is 13.1. The zero-order valence-electron chi connectivity index (χ0n) is 9.64. The molecule has 1 heterocycles. The third kappa shape index (κ3) is 2.34. The Morgan fingerprint density at radius 3 is 2.94 bits per heavy atom. The maximum Gasteiger partial charge on any atom is 0.258 e. The topological polar surface area (TPSA) is 59.2 Å². The molecule has 17 heavy (non-hydrogen) atoms. The smallest absolute Gasteiger partial charge is 0.258 e. The van der Waals surface area contributed by atoms with E-state index in [9.17, 15) is 9.50 Å². The molecule has 4 nitrogen and oxygen atoms in total. The molecular weight excluding hydrogens is 223 g/mol. The van der Waals surface area contributed by atoms with E-state index in [2.05, 4.69) is 10.1 Å². The minimum Gasteiger partial charge on any atom is -0.385 e. The lowest BCUT2D eigenvalue weighted by atomic mass is 10.1. The summed E-state index contributed by atoms with van der Waals surface area (Å²) in [6.45, 7) is 3.64. The zero-order valence-corrected chi connectivity index (χ0v) is 9.64. The van der Waals surface area contributed by atoms with E-state index in [-0.39, 0.29) is 17.5 Å². The second-order valence-corrected chi connectivity index (χ2v) is 3.84. The van der Waals surface area contributed by atoms with E-state index < -0.39 is 6.10 Å². The second kappa shape index (κ2) is 4.63. The Labute approximate surface area is 98.1 Å². The van der Waals surface area contributed by atoms with Crippen molar-refractivity contribution in [2.75, 3.05) is 0 Å². The minimum atomic E-state index is -0.749. The van der Waals surface area contributed by atoms with E-state index in [4.69, 9.17) is 4.52 Å². The van der Waals surface area contributed by atoms with E-state index in [1.807, 2.05) is 13.8 Å². The first-order valence-electron chi connectivity index (χ1n) is 5.40. The molecular formula is C12H13FN2O2. The summed E-state index contributed by atoms with van der Waals surface area (Å²) in [4.78, 5) is 4.06. The third-order valence-electron chi connectivity index (χ3n) is 2.56. The molecule has 0 aliphatic rings. The number of aliphatic hydroxyl groups is 1. The Morgan fingerprint density at radius 1 is 1.47 bits per heavy atom. The zero-order chi connectivity index (χ0) is 12.4. The first-order valence-corrected chi connectivity index (χ1v) is 5.40. The summed E-state index contributed by atoms with van der Waals surface area (Å²) < 4.78 is 18.1. The van der Waals surface area contributed by atoms with Crippen LogP contribution in [0, 0.1) is 12.7 Å². The molecule has 1 N–H and O–H groups in total. The van der Waals surface area contributed by atoms with Crippen molar-refractivity contribution in [3.63, 3.8) is 0 Å². The van der Waals surface area contributed by atoms with Crippen molar-refractivity contribution in [2.24, 2.45) is 0 Å². The highest BCUT2D eigenvalue weighted by Gasteiger charge is 2.16. The van der Waals surface area contributed by atoms with Gasteiger partial charge in [0.25, 0.3) is 5.89 Å². The summed E-state index contributed by atoms with van der Waals surface area (Å²) in [5, 5.41) is 13.2. The van der Waals surface area contributed by atoms with Crippen molar-refractivity contribution < 1.29 is 14.0 Å². The van der Waals surface area contributed by atoms with E-state index >= 15 is 0 Å². The molecule has 0 radical (unpaired) electrons. The van der Waals surface area contributed by atoms with Crippen LogP contribution in [0.25, 0.3) is 11.5 Å². The van der Waals surface area contributed by atoms with Gasteiger partial charge < -0.3 is 9.63 Å². The molecule has 0 saturated heterocycles. The third-order valence-corrected chi connectivity index (χ3v) is 2.56. The second-order valence-electron chi connectivity index (χ2n) is 3.84. The maximum atomic E-state index is 13.1. The number of nitrogens with zero attached hydrogens (tertiary/aromatic N) is 2. The van der Waals surface area contributed by atoms with Crippen LogP contribution in [-0.4, -0.2) is 15.2 Å². The van der Waals surface area contributed by atoms with Gasteiger partial charge in [-0.1, -0.05) is 18.1 Å². The summed E-state index contributed by atoms with van der Waals surface area (Å²) >= 11 is 0. The number of rotatable bonds is 3. The highest BCUT2D eigenvalue weighted by atomic mass is 19.1. The van der Waals surface area contributed by atoms with Crippen LogP contribution in [0.1, 0.15) is 30.8 Å². The standard InChI is InChI=1S/C12H13FN2O2/c1-3-10(16)11-14-12(17-15-11)9-6-8(13)5-4-7(9)2/h4-6,10,16H,3H2,1-2H3. The number of aliphatic hydroxyl groups excluding tert-OH is 1. The summed E-state index contributed by atoms with van der Waals surface area (Å²) in [5.74, 6) is 0.0945. The molecule has 2 aromatic rings. The summed E-state index contributed by atoms with van der Waals surface area (Å²) in [6, 6.07) is 4.35. The molecule has 5 heteroatoms. The minimum absolute atomic E-state index is 0.226. The van der Waals surface area contributed by atoms with Gasteiger partial charge in [-0.05, 0) is 31.0 Å². The fourth-order valence-corrected chi connectivity index (χ4v) is 1.49. The fraction of sp³-hybridized carbons (Fsp3) is 0.333. The van der Waals surface area contributed by atoms with E-state index in [0.717, 1.165) is 5.56 Å². The van der Waals surface area contributed by atoms with Gasteiger partial charge in [-0.2, -0.15) is 4.98 Å². The first kappa shape index (κ1) is 11.7. The molecule has 0 bridgehead atoms. The van der Waals surface area contributed by atoms with Crippen LogP contribution in [0.5, 0.6) is 0 Å². The van der Waals surface area contributed by atoms with Gasteiger partial charge in [-0.3, -0.25) is 0 Å². The van der Waals surface area contributed by atoms with Gasteiger partial charge in [0.05, 0.1) is 0 Å². The van der Waals surface area contributed by atoms with Gasteiger partial charge in [-0.15, -0.1) is 0 Å².